The maximum Gasteiger partial charge on any atom is 0.0651 e. The minimum absolute atomic E-state index is 0.368. The Labute approximate surface area is 99.6 Å². The van der Waals surface area contributed by atoms with Crippen molar-refractivity contribution in [2.45, 2.75) is 44.1 Å². The van der Waals surface area contributed by atoms with E-state index in [9.17, 15) is 5.11 Å². The lowest BCUT2D eigenvalue weighted by Crippen LogP contribution is -2.24. The minimum atomic E-state index is -0.368. The number of halogens is 1. The zero-order chi connectivity index (χ0) is 10.7. The predicted octanol–water partition coefficient (Wildman–Crippen LogP) is 3.69. The quantitative estimate of drug-likeness (QED) is 0.887. The molecule has 15 heavy (non-hydrogen) atoms. The van der Waals surface area contributed by atoms with E-state index in [-0.39, 0.29) is 5.60 Å². The van der Waals surface area contributed by atoms with E-state index in [1.54, 1.807) is 0 Å². The summed E-state index contributed by atoms with van der Waals surface area (Å²) in [7, 11) is 0. The third-order valence-corrected chi connectivity index (χ3v) is 3.86. The lowest BCUT2D eigenvalue weighted by Gasteiger charge is -2.21. The van der Waals surface area contributed by atoms with Crippen molar-refractivity contribution in [2.75, 3.05) is 0 Å². The van der Waals surface area contributed by atoms with Crippen LogP contribution in [0.1, 0.15) is 37.7 Å². The Morgan fingerprint density at radius 2 is 1.73 bits per heavy atom. The molecule has 1 aromatic rings. The van der Waals surface area contributed by atoms with Crippen LogP contribution in [0.25, 0.3) is 0 Å². The Bertz CT molecular complexity index is 312. The summed E-state index contributed by atoms with van der Waals surface area (Å²) in [5, 5.41) is 10.2. The van der Waals surface area contributed by atoms with Crippen molar-refractivity contribution in [2.24, 2.45) is 0 Å². The number of benzene rings is 1. The number of hydrogen-bond donors (Lipinski definition) is 1. The molecule has 1 saturated carbocycles. The lowest BCUT2D eigenvalue weighted by atomic mass is 9.93. The first kappa shape index (κ1) is 11.2. The van der Waals surface area contributed by atoms with E-state index in [1.165, 1.54) is 18.4 Å². The summed E-state index contributed by atoms with van der Waals surface area (Å²) in [6, 6.07) is 8.38. The Balaban J connectivity index is 1.90. The SMILES string of the molecule is OC1(CCc2ccc(Br)cc2)CCCC1. The molecule has 0 atom stereocenters. The van der Waals surface area contributed by atoms with Gasteiger partial charge in [-0.15, -0.1) is 0 Å². The highest BCUT2D eigenvalue weighted by molar-refractivity contribution is 9.10. The van der Waals surface area contributed by atoms with Crippen molar-refractivity contribution in [3.8, 4) is 0 Å². The average Bonchev–Trinajstić information content (AvgIpc) is 2.65. The highest BCUT2D eigenvalue weighted by Gasteiger charge is 2.30. The molecule has 0 aliphatic heterocycles. The van der Waals surface area contributed by atoms with Gasteiger partial charge < -0.3 is 5.11 Å². The van der Waals surface area contributed by atoms with Crippen LogP contribution in [0.4, 0.5) is 0 Å². The Morgan fingerprint density at radius 3 is 2.33 bits per heavy atom. The summed E-state index contributed by atoms with van der Waals surface area (Å²) in [5.74, 6) is 0. The normalized spacial score (nSPS) is 19.3. The topological polar surface area (TPSA) is 20.2 Å². The third-order valence-electron chi connectivity index (χ3n) is 3.33. The molecule has 1 aliphatic rings. The standard InChI is InChI=1S/C13H17BrO/c14-12-5-3-11(4-6-12)7-10-13(15)8-1-2-9-13/h3-6,15H,1-2,7-10H2. The maximum absolute atomic E-state index is 10.2. The molecule has 0 saturated heterocycles. The molecule has 1 nitrogen and oxygen atoms in total. The molecule has 82 valence electrons. The van der Waals surface area contributed by atoms with Gasteiger partial charge >= 0.3 is 0 Å². The first-order valence-electron chi connectivity index (χ1n) is 5.65. The van der Waals surface area contributed by atoms with Crippen LogP contribution in [-0.2, 0) is 6.42 Å². The van der Waals surface area contributed by atoms with E-state index in [0.717, 1.165) is 30.2 Å². The fourth-order valence-corrected chi connectivity index (χ4v) is 2.58. The van der Waals surface area contributed by atoms with Crippen LogP contribution in [0.2, 0.25) is 0 Å². The van der Waals surface area contributed by atoms with Crippen molar-refractivity contribution in [1.82, 2.24) is 0 Å². The van der Waals surface area contributed by atoms with Gasteiger partial charge in [0.25, 0.3) is 0 Å². The summed E-state index contributed by atoms with van der Waals surface area (Å²) in [5.41, 5.74) is 0.950. The maximum atomic E-state index is 10.2. The van der Waals surface area contributed by atoms with Crippen molar-refractivity contribution in [1.29, 1.82) is 0 Å². The second-order valence-electron chi connectivity index (χ2n) is 4.56. The molecule has 0 spiro atoms. The zero-order valence-electron chi connectivity index (χ0n) is 8.88. The highest BCUT2D eigenvalue weighted by atomic mass is 79.9. The number of aryl methyl sites for hydroxylation is 1. The van der Waals surface area contributed by atoms with Crippen LogP contribution >= 0.6 is 15.9 Å². The van der Waals surface area contributed by atoms with Gasteiger partial charge in [0.1, 0.15) is 0 Å². The van der Waals surface area contributed by atoms with Crippen LogP contribution in [0, 0.1) is 0 Å². The Hall–Kier alpha value is -0.340. The van der Waals surface area contributed by atoms with Gasteiger partial charge in [-0.25, -0.2) is 0 Å². The van der Waals surface area contributed by atoms with Crippen molar-refractivity contribution < 1.29 is 5.11 Å². The number of aliphatic hydroxyl groups is 1. The van der Waals surface area contributed by atoms with E-state index >= 15 is 0 Å². The number of hydrogen-bond acceptors (Lipinski definition) is 1. The summed E-state index contributed by atoms with van der Waals surface area (Å²) < 4.78 is 1.12. The third kappa shape index (κ3) is 3.05. The fourth-order valence-electron chi connectivity index (χ4n) is 2.31. The van der Waals surface area contributed by atoms with E-state index in [1.807, 2.05) is 0 Å². The van der Waals surface area contributed by atoms with Crippen LogP contribution in [-0.4, -0.2) is 10.7 Å². The molecule has 2 rings (SSSR count). The number of rotatable bonds is 3. The van der Waals surface area contributed by atoms with Crippen LogP contribution in [0.15, 0.2) is 28.7 Å². The van der Waals surface area contributed by atoms with Crippen LogP contribution in [0.5, 0.6) is 0 Å². The van der Waals surface area contributed by atoms with Gasteiger partial charge in [-0.3, -0.25) is 0 Å². The zero-order valence-corrected chi connectivity index (χ0v) is 10.5. The molecular formula is C13H17BrO. The summed E-state index contributed by atoms with van der Waals surface area (Å²) in [4.78, 5) is 0. The van der Waals surface area contributed by atoms with Gasteiger partial charge in [0.15, 0.2) is 0 Å². The van der Waals surface area contributed by atoms with Gasteiger partial charge in [0.05, 0.1) is 5.60 Å². The molecule has 0 unspecified atom stereocenters. The average molecular weight is 269 g/mol. The molecule has 0 aromatic heterocycles. The molecule has 1 aliphatic carbocycles. The van der Waals surface area contributed by atoms with Gasteiger partial charge in [0, 0.05) is 4.47 Å². The molecule has 0 bridgehead atoms. The molecule has 0 heterocycles. The molecule has 2 heteroatoms. The molecule has 0 radical (unpaired) electrons. The van der Waals surface area contributed by atoms with Gasteiger partial charge in [0.2, 0.25) is 0 Å². The van der Waals surface area contributed by atoms with Gasteiger partial charge in [-0.1, -0.05) is 40.9 Å². The monoisotopic (exact) mass is 268 g/mol. The fraction of sp³-hybridized carbons (Fsp3) is 0.538. The van der Waals surface area contributed by atoms with E-state index in [4.69, 9.17) is 0 Å². The summed E-state index contributed by atoms with van der Waals surface area (Å²) in [6.07, 6.45) is 6.26. The smallest absolute Gasteiger partial charge is 0.0651 e. The minimum Gasteiger partial charge on any atom is -0.390 e. The molecule has 1 N–H and O–H groups in total. The predicted molar refractivity (Wildman–Crippen MR) is 65.9 cm³/mol. The van der Waals surface area contributed by atoms with Gasteiger partial charge in [-0.2, -0.15) is 0 Å². The Kier molecular flexibility index (Phi) is 3.47. The van der Waals surface area contributed by atoms with Gasteiger partial charge in [-0.05, 0) is 43.4 Å². The van der Waals surface area contributed by atoms with Crippen molar-refractivity contribution >= 4 is 15.9 Å². The Morgan fingerprint density at radius 1 is 1.13 bits per heavy atom. The van der Waals surface area contributed by atoms with Crippen molar-refractivity contribution in [3.63, 3.8) is 0 Å². The second kappa shape index (κ2) is 4.67. The van der Waals surface area contributed by atoms with Crippen LogP contribution < -0.4 is 0 Å². The second-order valence-corrected chi connectivity index (χ2v) is 5.47. The van der Waals surface area contributed by atoms with E-state index in [2.05, 4.69) is 40.2 Å². The molecule has 1 aromatic carbocycles. The summed E-state index contributed by atoms with van der Waals surface area (Å²) >= 11 is 3.42. The molecule has 0 amide bonds. The van der Waals surface area contributed by atoms with Crippen molar-refractivity contribution in [3.05, 3.63) is 34.3 Å². The molecular weight excluding hydrogens is 252 g/mol. The largest absolute Gasteiger partial charge is 0.390 e. The van der Waals surface area contributed by atoms with Crippen LogP contribution in [0.3, 0.4) is 0 Å². The van der Waals surface area contributed by atoms with E-state index < -0.39 is 0 Å². The van der Waals surface area contributed by atoms with E-state index in [0.29, 0.717) is 0 Å². The first-order valence-corrected chi connectivity index (χ1v) is 6.44. The lowest BCUT2D eigenvalue weighted by molar-refractivity contribution is 0.0391. The highest BCUT2D eigenvalue weighted by Crippen LogP contribution is 2.33. The summed E-state index contributed by atoms with van der Waals surface area (Å²) in [6.45, 7) is 0. The molecule has 1 fully saturated rings. The first-order chi connectivity index (χ1) is 7.18.